The van der Waals surface area contributed by atoms with Gasteiger partial charge in [-0.05, 0) is 68.0 Å². The average Bonchev–Trinajstić information content (AvgIpc) is 3.28. The van der Waals surface area contributed by atoms with Crippen molar-refractivity contribution in [2.75, 3.05) is 19.8 Å². The van der Waals surface area contributed by atoms with E-state index >= 15 is 0 Å². The van der Waals surface area contributed by atoms with Crippen LogP contribution in [0.1, 0.15) is 51.7 Å². The Hall–Kier alpha value is -0.600. The fourth-order valence-electron chi connectivity index (χ4n) is 4.80. The molecule has 0 spiro atoms. The Morgan fingerprint density at radius 1 is 1.18 bits per heavy atom. The van der Waals surface area contributed by atoms with Crippen LogP contribution in [0.15, 0.2) is 12.5 Å². The van der Waals surface area contributed by atoms with Crippen LogP contribution in [0.2, 0.25) is 5.15 Å². The predicted octanol–water partition coefficient (Wildman–Crippen LogP) is 3.79. The summed E-state index contributed by atoms with van der Waals surface area (Å²) in [6, 6.07) is 0. The van der Waals surface area contributed by atoms with E-state index < -0.39 is 24.0 Å². The molecule has 11 heteroatoms. The number of hydrogen-bond donors (Lipinski definition) is 1. The quantitative estimate of drug-likeness (QED) is 0.399. The summed E-state index contributed by atoms with van der Waals surface area (Å²) < 4.78 is 33.0. The average molecular weight is 594 g/mol. The fraction of sp³-hybridized carbons (Fsp3) is 0.727. The third-order valence-corrected chi connectivity index (χ3v) is 7.61. The molecule has 3 aliphatic rings. The van der Waals surface area contributed by atoms with Crippen molar-refractivity contribution in [2.45, 2.75) is 82.1 Å². The molecule has 0 aromatic carbocycles. The first-order valence-corrected chi connectivity index (χ1v) is 13.0. The second-order valence-corrected chi connectivity index (χ2v) is 10.5. The highest BCUT2D eigenvalue weighted by Gasteiger charge is 2.56. The predicted molar refractivity (Wildman–Crippen MR) is 128 cm³/mol. The van der Waals surface area contributed by atoms with Gasteiger partial charge in [0, 0.05) is 23.0 Å². The highest BCUT2D eigenvalue weighted by Crippen LogP contribution is 2.43. The van der Waals surface area contributed by atoms with Crippen LogP contribution < -0.4 is 0 Å². The van der Waals surface area contributed by atoms with Gasteiger partial charge in [-0.25, -0.2) is 9.97 Å². The molecule has 2 aromatic heterocycles. The number of ether oxygens (including phenoxy) is 5. The normalized spacial score (nSPS) is 35.3. The first-order chi connectivity index (χ1) is 15.9. The highest BCUT2D eigenvalue weighted by molar-refractivity contribution is 14.1. The Morgan fingerprint density at radius 3 is 2.61 bits per heavy atom. The van der Waals surface area contributed by atoms with Crippen LogP contribution in [-0.2, 0) is 23.7 Å². The second-order valence-electron chi connectivity index (χ2n) is 8.98. The molecule has 2 unspecified atom stereocenters. The SMILES string of the molecule is C[C@]1(O)[C@H](OC2CCCCO2)[C@@H](COC2CCCCO2)O[C@H]1n1cc(I)c2c(Cl)ncnc21. The molecule has 3 aliphatic heterocycles. The van der Waals surface area contributed by atoms with Crippen LogP contribution in [0.4, 0.5) is 0 Å². The van der Waals surface area contributed by atoms with Crippen LogP contribution >= 0.6 is 34.2 Å². The summed E-state index contributed by atoms with van der Waals surface area (Å²) >= 11 is 8.52. The standard InChI is InChI=1S/C22H29ClIN3O6/c1-22(28)18(33-16-7-3-5-9-30-16)14(11-31-15-6-2-4-8-29-15)32-21(22)27-10-13(24)17-19(23)25-12-26-20(17)27/h10,12,14-16,18,21,28H,2-9,11H2,1H3/t14-,15?,16?,18-,21-,22+/m1/s1. The molecule has 6 atom stereocenters. The van der Waals surface area contributed by atoms with Crippen molar-refractivity contribution in [2.24, 2.45) is 0 Å². The summed E-state index contributed by atoms with van der Waals surface area (Å²) in [5, 5.41) is 12.8. The number of hydrogen-bond acceptors (Lipinski definition) is 8. The van der Waals surface area contributed by atoms with Gasteiger partial charge in [-0.1, -0.05) is 11.6 Å². The summed E-state index contributed by atoms with van der Waals surface area (Å²) in [5.41, 5.74) is -0.788. The van der Waals surface area contributed by atoms with Crippen LogP contribution in [-0.4, -0.2) is 69.9 Å². The van der Waals surface area contributed by atoms with Crippen molar-refractivity contribution in [1.82, 2.24) is 14.5 Å². The van der Waals surface area contributed by atoms with E-state index in [0.717, 1.165) is 47.5 Å². The third-order valence-electron chi connectivity index (χ3n) is 6.51. The van der Waals surface area contributed by atoms with Crippen LogP contribution in [0.3, 0.4) is 0 Å². The highest BCUT2D eigenvalue weighted by atomic mass is 127. The molecule has 0 radical (unpaired) electrons. The van der Waals surface area contributed by atoms with Crippen LogP contribution in [0.25, 0.3) is 11.0 Å². The molecular formula is C22H29ClIN3O6. The minimum atomic E-state index is -1.38. The lowest BCUT2D eigenvalue weighted by atomic mass is 9.96. The lowest BCUT2D eigenvalue weighted by Gasteiger charge is -2.34. The number of nitrogens with zero attached hydrogens (tertiary/aromatic N) is 3. The first kappa shape index (κ1) is 24.1. The van der Waals surface area contributed by atoms with E-state index in [1.54, 1.807) is 11.5 Å². The number of aromatic nitrogens is 3. The van der Waals surface area contributed by atoms with Gasteiger partial charge in [0.25, 0.3) is 0 Å². The molecule has 182 valence electrons. The smallest absolute Gasteiger partial charge is 0.167 e. The second kappa shape index (κ2) is 10.2. The monoisotopic (exact) mass is 593 g/mol. The summed E-state index contributed by atoms with van der Waals surface area (Å²) in [6.07, 6.45) is 6.46. The van der Waals surface area contributed by atoms with Gasteiger partial charge in [-0.3, -0.25) is 0 Å². The molecule has 2 aromatic rings. The Bertz CT molecular complexity index is 963. The van der Waals surface area contributed by atoms with Crippen molar-refractivity contribution in [3.05, 3.63) is 21.2 Å². The molecular weight excluding hydrogens is 565 g/mol. The summed E-state index contributed by atoms with van der Waals surface area (Å²) in [7, 11) is 0. The van der Waals surface area contributed by atoms with E-state index in [-0.39, 0.29) is 19.2 Å². The van der Waals surface area contributed by atoms with Gasteiger partial charge in [0.05, 0.1) is 12.0 Å². The van der Waals surface area contributed by atoms with Gasteiger partial charge in [-0.2, -0.15) is 0 Å². The minimum Gasteiger partial charge on any atom is -0.383 e. The maximum Gasteiger partial charge on any atom is 0.167 e. The molecule has 1 N–H and O–H groups in total. The number of halogens is 2. The molecule has 0 amide bonds. The molecule has 0 bridgehead atoms. The molecule has 9 nitrogen and oxygen atoms in total. The Morgan fingerprint density at radius 2 is 1.91 bits per heavy atom. The fourth-order valence-corrected chi connectivity index (χ4v) is 5.99. The number of rotatable bonds is 6. The molecule has 5 heterocycles. The third kappa shape index (κ3) is 4.90. The van der Waals surface area contributed by atoms with E-state index in [4.69, 9.17) is 35.3 Å². The van der Waals surface area contributed by atoms with Gasteiger partial charge in [-0.15, -0.1) is 0 Å². The van der Waals surface area contributed by atoms with E-state index in [2.05, 4.69) is 32.6 Å². The lowest BCUT2D eigenvalue weighted by molar-refractivity contribution is -0.233. The zero-order chi connectivity index (χ0) is 23.0. The van der Waals surface area contributed by atoms with E-state index in [9.17, 15) is 5.11 Å². The van der Waals surface area contributed by atoms with Crippen molar-refractivity contribution < 1.29 is 28.8 Å². The number of aliphatic hydroxyl groups is 1. The minimum absolute atomic E-state index is 0.237. The molecule has 5 rings (SSSR count). The Kier molecular flexibility index (Phi) is 7.44. The summed E-state index contributed by atoms with van der Waals surface area (Å²) in [5.74, 6) is 0. The van der Waals surface area contributed by atoms with Crippen molar-refractivity contribution in [1.29, 1.82) is 0 Å². The maximum absolute atomic E-state index is 11.8. The van der Waals surface area contributed by atoms with Crippen molar-refractivity contribution in [3.63, 3.8) is 0 Å². The van der Waals surface area contributed by atoms with Crippen LogP contribution in [0.5, 0.6) is 0 Å². The molecule has 3 saturated heterocycles. The van der Waals surface area contributed by atoms with Gasteiger partial charge < -0.3 is 33.4 Å². The van der Waals surface area contributed by atoms with Gasteiger partial charge in [0.1, 0.15) is 34.9 Å². The summed E-state index contributed by atoms with van der Waals surface area (Å²) in [6.45, 7) is 3.31. The molecule has 3 fully saturated rings. The Labute approximate surface area is 211 Å². The lowest BCUT2D eigenvalue weighted by Crippen LogP contribution is -2.49. The van der Waals surface area contributed by atoms with E-state index in [1.165, 1.54) is 6.33 Å². The number of fused-ring (bicyclic) bond motifs is 1. The zero-order valence-electron chi connectivity index (χ0n) is 18.5. The van der Waals surface area contributed by atoms with E-state index in [1.807, 2.05) is 6.20 Å². The largest absolute Gasteiger partial charge is 0.383 e. The summed E-state index contributed by atoms with van der Waals surface area (Å²) in [4.78, 5) is 8.50. The van der Waals surface area contributed by atoms with Crippen molar-refractivity contribution >= 4 is 45.2 Å². The van der Waals surface area contributed by atoms with Crippen LogP contribution in [0, 0.1) is 3.57 Å². The molecule has 0 aliphatic carbocycles. The topological polar surface area (TPSA) is 97.1 Å². The Balaban J connectivity index is 1.43. The van der Waals surface area contributed by atoms with E-state index in [0.29, 0.717) is 24.0 Å². The molecule has 33 heavy (non-hydrogen) atoms. The maximum atomic E-state index is 11.8. The zero-order valence-corrected chi connectivity index (χ0v) is 21.4. The molecule has 0 saturated carbocycles. The van der Waals surface area contributed by atoms with Gasteiger partial charge >= 0.3 is 0 Å². The first-order valence-electron chi connectivity index (χ1n) is 11.5. The van der Waals surface area contributed by atoms with Gasteiger partial charge in [0.2, 0.25) is 0 Å². The van der Waals surface area contributed by atoms with Crippen molar-refractivity contribution in [3.8, 4) is 0 Å². The van der Waals surface area contributed by atoms with Gasteiger partial charge in [0.15, 0.2) is 18.8 Å².